The van der Waals surface area contributed by atoms with Gasteiger partial charge in [-0.25, -0.2) is 0 Å². The van der Waals surface area contributed by atoms with Crippen molar-refractivity contribution in [3.8, 4) is 0 Å². The van der Waals surface area contributed by atoms with Crippen molar-refractivity contribution in [2.24, 2.45) is 0 Å². The SMILES string of the molecule is Brc1ccccc1CN[C@H]1CCCNC1.Cl.Cl. The molecule has 1 saturated heterocycles. The van der Waals surface area contributed by atoms with Gasteiger partial charge in [-0.2, -0.15) is 0 Å². The second-order valence-corrected chi connectivity index (χ2v) is 4.87. The maximum absolute atomic E-state index is 3.59. The third-order valence-electron chi connectivity index (χ3n) is 2.84. The van der Waals surface area contributed by atoms with E-state index < -0.39 is 0 Å². The molecule has 1 fully saturated rings. The maximum Gasteiger partial charge on any atom is 0.0220 e. The zero-order valence-electron chi connectivity index (χ0n) is 9.62. The van der Waals surface area contributed by atoms with Crippen LogP contribution in [0.5, 0.6) is 0 Å². The summed E-state index contributed by atoms with van der Waals surface area (Å²) in [6, 6.07) is 9.02. The Labute approximate surface area is 124 Å². The molecule has 0 spiro atoms. The fourth-order valence-electron chi connectivity index (χ4n) is 1.92. The first-order valence-corrected chi connectivity index (χ1v) is 6.33. The summed E-state index contributed by atoms with van der Waals surface area (Å²) in [6.07, 6.45) is 2.57. The Morgan fingerprint density at radius 1 is 1.29 bits per heavy atom. The first-order valence-electron chi connectivity index (χ1n) is 5.54. The highest BCUT2D eigenvalue weighted by Gasteiger charge is 2.11. The first-order chi connectivity index (χ1) is 7.36. The average Bonchev–Trinajstić information content (AvgIpc) is 2.29. The van der Waals surface area contributed by atoms with E-state index >= 15 is 0 Å². The molecule has 0 aliphatic carbocycles. The van der Waals surface area contributed by atoms with Crippen LogP contribution < -0.4 is 10.6 Å². The zero-order valence-corrected chi connectivity index (χ0v) is 12.8. The lowest BCUT2D eigenvalue weighted by molar-refractivity contribution is 0.389. The zero-order chi connectivity index (χ0) is 10.5. The van der Waals surface area contributed by atoms with Crippen LogP contribution in [0.1, 0.15) is 18.4 Å². The van der Waals surface area contributed by atoms with Gasteiger partial charge in [0.1, 0.15) is 0 Å². The van der Waals surface area contributed by atoms with Gasteiger partial charge in [0.05, 0.1) is 0 Å². The Balaban J connectivity index is 0.00000128. The van der Waals surface area contributed by atoms with Crippen molar-refractivity contribution in [2.45, 2.75) is 25.4 Å². The molecule has 1 atom stereocenters. The van der Waals surface area contributed by atoms with Crippen molar-refractivity contribution in [3.63, 3.8) is 0 Å². The number of benzene rings is 1. The van der Waals surface area contributed by atoms with Crippen LogP contribution in [-0.2, 0) is 6.54 Å². The van der Waals surface area contributed by atoms with Gasteiger partial charge in [0.15, 0.2) is 0 Å². The van der Waals surface area contributed by atoms with Gasteiger partial charge in [-0.15, -0.1) is 24.8 Å². The maximum atomic E-state index is 3.59. The van der Waals surface area contributed by atoms with E-state index in [2.05, 4.69) is 50.8 Å². The van der Waals surface area contributed by atoms with E-state index in [0.29, 0.717) is 6.04 Å². The van der Waals surface area contributed by atoms with Crippen LogP contribution in [0, 0.1) is 0 Å². The standard InChI is InChI=1S/C12H17BrN2.2ClH/c13-12-6-2-1-4-10(12)8-15-11-5-3-7-14-9-11;;/h1-2,4,6,11,14-15H,3,5,7-9H2;2*1H/t11-;;/m0../s1. The van der Waals surface area contributed by atoms with E-state index in [9.17, 15) is 0 Å². The van der Waals surface area contributed by atoms with Gasteiger partial charge < -0.3 is 10.6 Å². The molecule has 1 heterocycles. The molecule has 0 radical (unpaired) electrons. The Kier molecular flexibility index (Phi) is 9.28. The van der Waals surface area contributed by atoms with Gasteiger partial charge in [0.2, 0.25) is 0 Å². The average molecular weight is 342 g/mol. The van der Waals surface area contributed by atoms with E-state index in [1.54, 1.807) is 0 Å². The lowest BCUT2D eigenvalue weighted by Gasteiger charge is -2.24. The van der Waals surface area contributed by atoms with Crippen LogP contribution in [-0.4, -0.2) is 19.1 Å². The van der Waals surface area contributed by atoms with E-state index in [1.807, 2.05) is 0 Å². The van der Waals surface area contributed by atoms with Crippen molar-refractivity contribution in [1.82, 2.24) is 10.6 Å². The highest BCUT2D eigenvalue weighted by atomic mass is 79.9. The van der Waals surface area contributed by atoms with Gasteiger partial charge in [-0.05, 0) is 31.0 Å². The topological polar surface area (TPSA) is 24.1 Å². The minimum absolute atomic E-state index is 0. The van der Waals surface area contributed by atoms with Crippen molar-refractivity contribution >= 4 is 40.7 Å². The molecule has 2 nitrogen and oxygen atoms in total. The van der Waals surface area contributed by atoms with Gasteiger partial charge in [0, 0.05) is 23.6 Å². The summed E-state index contributed by atoms with van der Waals surface area (Å²) in [6.45, 7) is 3.23. The van der Waals surface area contributed by atoms with Crippen LogP contribution in [0.25, 0.3) is 0 Å². The highest BCUT2D eigenvalue weighted by Crippen LogP contribution is 2.15. The third-order valence-corrected chi connectivity index (χ3v) is 3.61. The Morgan fingerprint density at radius 3 is 2.71 bits per heavy atom. The highest BCUT2D eigenvalue weighted by molar-refractivity contribution is 9.10. The molecule has 2 N–H and O–H groups in total. The fraction of sp³-hybridized carbons (Fsp3) is 0.500. The second kappa shape index (κ2) is 9.17. The quantitative estimate of drug-likeness (QED) is 0.882. The first kappa shape index (κ1) is 17.2. The molecule has 17 heavy (non-hydrogen) atoms. The molecule has 1 aliphatic heterocycles. The molecular formula is C12H19BrCl2N2. The molecule has 5 heteroatoms. The summed E-state index contributed by atoms with van der Waals surface area (Å²) in [5, 5.41) is 7.00. The van der Waals surface area contributed by atoms with E-state index in [1.165, 1.54) is 29.4 Å². The van der Waals surface area contributed by atoms with E-state index in [4.69, 9.17) is 0 Å². The number of nitrogens with one attached hydrogen (secondary N) is 2. The number of rotatable bonds is 3. The van der Waals surface area contributed by atoms with E-state index in [-0.39, 0.29) is 24.8 Å². The van der Waals surface area contributed by atoms with Gasteiger partial charge >= 0.3 is 0 Å². The van der Waals surface area contributed by atoms with Gasteiger partial charge in [-0.3, -0.25) is 0 Å². The largest absolute Gasteiger partial charge is 0.315 e. The monoisotopic (exact) mass is 340 g/mol. The molecule has 1 aromatic carbocycles. The van der Waals surface area contributed by atoms with Gasteiger partial charge in [0.25, 0.3) is 0 Å². The van der Waals surface area contributed by atoms with Crippen LogP contribution in [0.3, 0.4) is 0 Å². The summed E-state index contributed by atoms with van der Waals surface area (Å²) < 4.78 is 1.20. The minimum Gasteiger partial charge on any atom is -0.315 e. The molecule has 98 valence electrons. The predicted octanol–water partition coefficient (Wildman–Crippen LogP) is 3.13. The lowest BCUT2D eigenvalue weighted by atomic mass is 10.1. The molecule has 0 aromatic heterocycles. The van der Waals surface area contributed by atoms with Crippen LogP contribution >= 0.6 is 40.7 Å². The van der Waals surface area contributed by atoms with Crippen LogP contribution in [0.4, 0.5) is 0 Å². The van der Waals surface area contributed by atoms with Crippen LogP contribution in [0.2, 0.25) is 0 Å². The molecule has 1 aromatic rings. The van der Waals surface area contributed by atoms with Crippen LogP contribution in [0.15, 0.2) is 28.7 Å². The summed E-state index contributed by atoms with van der Waals surface area (Å²) in [4.78, 5) is 0. The van der Waals surface area contributed by atoms with Crippen molar-refractivity contribution in [2.75, 3.05) is 13.1 Å². The number of hydrogen-bond donors (Lipinski definition) is 2. The third kappa shape index (κ3) is 5.58. The Morgan fingerprint density at radius 2 is 2.06 bits per heavy atom. The predicted molar refractivity (Wildman–Crippen MR) is 81.4 cm³/mol. The Hall–Kier alpha value is 0.200. The number of piperidine rings is 1. The Bertz CT molecular complexity index is 317. The fourth-order valence-corrected chi connectivity index (χ4v) is 2.35. The minimum atomic E-state index is 0. The van der Waals surface area contributed by atoms with Crippen molar-refractivity contribution in [1.29, 1.82) is 0 Å². The lowest BCUT2D eigenvalue weighted by Crippen LogP contribution is -2.42. The molecule has 2 rings (SSSR count). The summed E-state index contributed by atoms with van der Waals surface area (Å²) in [5.41, 5.74) is 1.34. The summed E-state index contributed by atoms with van der Waals surface area (Å²) in [5.74, 6) is 0. The molecule has 0 unspecified atom stereocenters. The number of hydrogen-bond acceptors (Lipinski definition) is 2. The number of halogens is 3. The van der Waals surface area contributed by atoms with Gasteiger partial charge in [-0.1, -0.05) is 34.1 Å². The molecule has 0 saturated carbocycles. The molecule has 0 bridgehead atoms. The van der Waals surface area contributed by atoms with Crippen molar-refractivity contribution < 1.29 is 0 Å². The molecule has 0 amide bonds. The summed E-state index contributed by atoms with van der Waals surface area (Å²) in [7, 11) is 0. The van der Waals surface area contributed by atoms with Crippen molar-refractivity contribution in [3.05, 3.63) is 34.3 Å². The van der Waals surface area contributed by atoms with E-state index in [0.717, 1.165) is 13.1 Å². The normalized spacial score (nSPS) is 19.0. The molecule has 1 aliphatic rings. The second-order valence-electron chi connectivity index (χ2n) is 4.02. The molecular weight excluding hydrogens is 323 g/mol. The summed E-state index contributed by atoms with van der Waals surface area (Å²) >= 11 is 3.57. The smallest absolute Gasteiger partial charge is 0.0220 e.